The maximum atomic E-state index is 13.7. The SMILES string of the molecule is CC1CCN(C(=O)CS(=O)(=O)c2nnc(-c3ccccc3F)o2)CC1. The predicted molar refractivity (Wildman–Crippen MR) is 86.7 cm³/mol. The molecule has 134 valence electrons. The second-order valence-corrected chi connectivity index (χ2v) is 8.04. The van der Waals surface area contributed by atoms with Crippen molar-refractivity contribution in [2.24, 2.45) is 5.92 Å². The van der Waals surface area contributed by atoms with E-state index in [2.05, 4.69) is 17.1 Å². The summed E-state index contributed by atoms with van der Waals surface area (Å²) in [6, 6.07) is 5.66. The van der Waals surface area contributed by atoms with E-state index in [1.165, 1.54) is 23.1 Å². The molecular weight excluding hydrogens is 349 g/mol. The Labute approximate surface area is 144 Å². The van der Waals surface area contributed by atoms with Gasteiger partial charge in [-0.1, -0.05) is 24.2 Å². The van der Waals surface area contributed by atoms with Gasteiger partial charge in [-0.3, -0.25) is 4.79 Å². The molecule has 25 heavy (non-hydrogen) atoms. The number of amides is 1. The molecule has 1 aliphatic heterocycles. The monoisotopic (exact) mass is 367 g/mol. The summed E-state index contributed by atoms with van der Waals surface area (Å²) >= 11 is 0. The third kappa shape index (κ3) is 3.87. The number of hydrogen-bond donors (Lipinski definition) is 0. The summed E-state index contributed by atoms with van der Waals surface area (Å²) in [5.41, 5.74) is 0.00722. The number of aromatic nitrogens is 2. The third-order valence-corrected chi connectivity index (χ3v) is 5.55. The quantitative estimate of drug-likeness (QED) is 0.819. The van der Waals surface area contributed by atoms with Crippen LogP contribution in [-0.2, 0) is 14.6 Å². The lowest BCUT2D eigenvalue weighted by atomic mass is 9.99. The van der Waals surface area contributed by atoms with Crippen LogP contribution in [0.25, 0.3) is 11.5 Å². The van der Waals surface area contributed by atoms with Gasteiger partial charge >= 0.3 is 5.22 Å². The third-order valence-electron chi connectivity index (χ3n) is 4.23. The van der Waals surface area contributed by atoms with Crippen LogP contribution in [0, 0.1) is 11.7 Å². The zero-order valence-corrected chi connectivity index (χ0v) is 14.5. The molecule has 0 aliphatic carbocycles. The van der Waals surface area contributed by atoms with Crippen molar-refractivity contribution in [3.8, 4) is 11.5 Å². The molecule has 0 unspecified atom stereocenters. The molecule has 1 aromatic carbocycles. The van der Waals surface area contributed by atoms with Crippen LogP contribution in [0.1, 0.15) is 19.8 Å². The van der Waals surface area contributed by atoms with Crippen LogP contribution in [0.2, 0.25) is 0 Å². The predicted octanol–water partition coefficient (Wildman–Crippen LogP) is 1.91. The Morgan fingerprint density at radius 3 is 2.64 bits per heavy atom. The molecule has 0 bridgehead atoms. The van der Waals surface area contributed by atoms with Gasteiger partial charge < -0.3 is 9.32 Å². The standard InChI is InChI=1S/C16H18FN3O4S/c1-11-6-8-20(9-7-11)14(21)10-25(22,23)16-19-18-15(24-16)12-4-2-3-5-13(12)17/h2-5,11H,6-10H2,1H3. The van der Waals surface area contributed by atoms with Crippen LogP contribution in [-0.4, -0.2) is 48.3 Å². The summed E-state index contributed by atoms with van der Waals surface area (Å²) < 4.78 is 43.5. The molecule has 3 rings (SSSR count). The highest BCUT2D eigenvalue weighted by Crippen LogP contribution is 2.23. The molecule has 0 N–H and O–H groups in total. The average molecular weight is 367 g/mol. The summed E-state index contributed by atoms with van der Waals surface area (Å²) in [5, 5.41) is 6.38. The van der Waals surface area contributed by atoms with Crippen LogP contribution in [0.5, 0.6) is 0 Å². The minimum atomic E-state index is -4.08. The number of sulfone groups is 1. The summed E-state index contributed by atoms with van der Waals surface area (Å²) in [4.78, 5) is 13.8. The fourth-order valence-corrected chi connectivity index (χ4v) is 3.65. The zero-order chi connectivity index (χ0) is 18.0. The fourth-order valence-electron chi connectivity index (χ4n) is 2.65. The Hall–Kier alpha value is -2.29. The van der Waals surface area contributed by atoms with Gasteiger partial charge in [-0.15, -0.1) is 5.10 Å². The summed E-state index contributed by atoms with van der Waals surface area (Å²) in [6.45, 7) is 3.18. The van der Waals surface area contributed by atoms with Gasteiger partial charge in [-0.2, -0.15) is 0 Å². The number of halogens is 1. The van der Waals surface area contributed by atoms with E-state index in [9.17, 15) is 17.6 Å². The van der Waals surface area contributed by atoms with Crippen LogP contribution in [0.4, 0.5) is 4.39 Å². The van der Waals surface area contributed by atoms with E-state index in [-0.39, 0.29) is 11.5 Å². The molecule has 0 radical (unpaired) electrons. The molecule has 0 saturated carbocycles. The lowest BCUT2D eigenvalue weighted by Gasteiger charge is -2.30. The first-order valence-electron chi connectivity index (χ1n) is 7.96. The number of nitrogens with zero attached hydrogens (tertiary/aromatic N) is 3. The van der Waals surface area contributed by atoms with Crippen LogP contribution in [0.3, 0.4) is 0 Å². The lowest BCUT2D eigenvalue weighted by Crippen LogP contribution is -2.41. The molecule has 1 fully saturated rings. The lowest BCUT2D eigenvalue weighted by molar-refractivity contribution is -0.129. The Morgan fingerprint density at radius 1 is 1.28 bits per heavy atom. The number of piperidine rings is 1. The minimum absolute atomic E-state index is 0.00722. The summed E-state index contributed by atoms with van der Waals surface area (Å²) in [7, 11) is -4.08. The van der Waals surface area contributed by atoms with Crippen LogP contribution >= 0.6 is 0 Å². The van der Waals surface area contributed by atoms with Gasteiger partial charge in [0.05, 0.1) is 5.56 Å². The number of carbonyl (C=O) groups is 1. The van der Waals surface area contributed by atoms with Gasteiger partial charge in [-0.05, 0) is 30.9 Å². The molecule has 1 amide bonds. The Bertz CT molecular complexity index is 873. The van der Waals surface area contributed by atoms with Gasteiger partial charge in [0.2, 0.25) is 15.7 Å². The minimum Gasteiger partial charge on any atom is -0.408 e. The molecule has 1 aromatic heterocycles. The maximum absolute atomic E-state index is 13.7. The largest absolute Gasteiger partial charge is 0.408 e. The molecular formula is C16H18FN3O4S. The smallest absolute Gasteiger partial charge is 0.336 e. The van der Waals surface area contributed by atoms with Crippen molar-refractivity contribution in [2.45, 2.75) is 25.0 Å². The van der Waals surface area contributed by atoms with Crippen molar-refractivity contribution in [1.82, 2.24) is 15.1 Å². The van der Waals surface area contributed by atoms with Gasteiger partial charge in [0, 0.05) is 13.1 Å². The number of hydrogen-bond acceptors (Lipinski definition) is 6. The van der Waals surface area contributed by atoms with Crippen molar-refractivity contribution in [1.29, 1.82) is 0 Å². The van der Waals surface area contributed by atoms with Gasteiger partial charge in [0.1, 0.15) is 11.6 Å². The topological polar surface area (TPSA) is 93.4 Å². The van der Waals surface area contributed by atoms with Gasteiger partial charge in [-0.25, -0.2) is 12.8 Å². The van der Waals surface area contributed by atoms with Crippen LogP contribution in [0.15, 0.2) is 33.9 Å². The molecule has 2 aromatic rings. The Kier molecular flexibility index (Phi) is 4.85. The van der Waals surface area contributed by atoms with Crippen molar-refractivity contribution >= 4 is 15.7 Å². The second kappa shape index (κ2) is 6.91. The van der Waals surface area contributed by atoms with Crippen molar-refractivity contribution in [3.05, 3.63) is 30.1 Å². The maximum Gasteiger partial charge on any atom is 0.336 e. The molecule has 1 saturated heterocycles. The summed E-state index contributed by atoms with van der Waals surface area (Å²) in [5.74, 6) is -1.54. The number of rotatable bonds is 4. The normalized spacial score (nSPS) is 16.2. The highest BCUT2D eigenvalue weighted by molar-refractivity contribution is 7.91. The number of benzene rings is 1. The second-order valence-electron chi connectivity index (χ2n) is 6.18. The van der Waals surface area contributed by atoms with E-state index < -0.39 is 32.5 Å². The molecule has 1 aliphatic rings. The number of carbonyl (C=O) groups excluding carboxylic acids is 1. The first-order valence-corrected chi connectivity index (χ1v) is 9.61. The Morgan fingerprint density at radius 2 is 1.96 bits per heavy atom. The molecule has 0 atom stereocenters. The molecule has 7 nitrogen and oxygen atoms in total. The van der Waals surface area contributed by atoms with Crippen LogP contribution < -0.4 is 0 Å². The summed E-state index contributed by atoms with van der Waals surface area (Å²) in [6.07, 6.45) is 1.70. The van der Waals surface area contributed by atoms with E-state index in [1.807, 2.05) is 0 Å². The van der Waals surface area contributed by atoms with Crippen molar-refractivity contribution in [3.63, 3.8) is 0 Å². The molecule has 2 heterocycles. The van der Waals surface area contributed by atoms with E-state index in [1.54, 1.807) is 6.07 Å². The van der Waals surface area contributed by atoms with Gasteiger partial charge in [0.25, 0.3) is 5.89 Å². The average Bonchev–Trinajstić information content (AvgIpc) is 3.06. The number of likely N-dealkylation sites (tertiary alicyclic amines) is 1. The highest BCUT2D eigenvalue weighted by Gasteiger charge is 2.30. The van der Waals surface area contributed by atoms with Gasteiger partial charge in [0.15, 0.2) is 0 Å². The van der Waals surface area contributed by atoms with E-state index in [0.717, 1.165) is 12.8 Å². The highest BCUT2D eigenvalue weighted by atomic mass is 32.2. The van der Waals surface area contributed by atoms with Crippen molar-refractivity contribution < 1.29 is 22.0 Å². The first kappa shape index (κ1) is 17.5. The Balaban J connectivity index is 1.75. The van der Waals surface area contributed by atoms with E-state index in [0.29, 0.717) is 19.0 Å². The van der Waals surface area contributed by atoms with E-state index in [4.69, 9.17) is 4.42 Å². The van der Waals surface area contributed by atoms with Crippen molar-refractivity contribution in [2.75, 3.05) is 18.8 Å². The van der Waals surface area contributed by atoms with E-state index >= 15 is 0 Å². The fraction of sp³-hybridized carbons (Fsp3) is 0.438. The molecule has 9 heteroatoms. The first-order chi connectivity index (χ1) is 11.9. The molecule has 0 spiro atoms. The zero-order valence-electron chi connectivity index (χ0n) is 13.7.